The molecule has 0 spiro atoms. The van der Waals surface area contributed by atoms with E-state index >= 15 is 0 Å². The van der Waals surface area contributed by atoms with Gasteiger partial charge in [0.05, 0.1) is 0 Å². The van der Waals surface area contributed by atoms with Crippen LogP contribution < -0.4 is 5.32 Å². The van der Waals surface area contributed by atoms with E-state index < -0.39 is 0 Å². The predicted octanol–water partition coefficient (Wildman–Crippen LogP) is 4.34. The molecule has 2 aromatic carbocycles. The quantitative estimate of drug-likeness (QED) is 0.859. The summed E-state index contributed by atoms with van der Waals surface area (Å²) in [5, 5.41) is 3.08. The molecule has 0 aromatic heterocycles. The first kappa shape index (κ1) is 13.8. The number of hydrogen-bond donors (Lipinski definition) is 1. The van der Waals surface area contributed by atoms with E-state index in [4.69, 9.17) is 0 Å². The summed E-state index contributed by atoms with van der Waals surface area (Å²) >= 11 is 0. The van der Waals surface area contributed by atoms with Crippen molar-refractivity contribution in [3.8, 4) is 11.1 Å². The second-order valence-corrected chi connectivity index (χ2v) is 5.12. The molecule has 0 saturated heterocycles. The molecule has 0 bridgehead atoms. The molecular weight excluding hydrogens is 237 g/mol. The highest BCUT2D eigenvalue weighted by Gasteiger charge is 2.07. The lowest BCUT2D eigenvalue weighted by Gasteiger charge is -2.09. The number of nitrogens with one attached hydrogen (secondary N) is 1. The van der Waals surface area contributed by atoms with Crippen molar-refractivity contribution < 1.29 is 4.39 Å². The van der Waals surface area contributed by atoms with Gasteiger partial charge in [-0.25, -0.2) is 4.39 Å². The number of rotatable bonds is 4. The fourth-order valence-electron chi connectivity index (χ4n) is 2.16. The van der Waals surface area contributed by atoms with Crippen molar-refractivity contribution in [2.75, 3.05) is 7.05 Å². The molecule has 0 amide bonds. The van der Waals surface area contributed by atoms with E-state index in [1.165, 1.54) is 5.56 Å². The van der Waals surface area contributed by atoms with Crippen molar-refractivity contribution in [2.45, 2.75) is 26.3 Å². The number of halogens is 1. The highest BCUT2D eigenvalue weighted by atomic mass is 19.1. The van der Waals surface area contributed by atoms with Crippen LogP contribution in [0, 0.1) is 5.82 Å². The van der Waals surface area contributed by atoms with Crippen LogP contribution in [-0.2, 0) is 6.54 Å². The highest BCUT2D eigenvalue weighted by Crippen LogP contribution is 2.26. The van der Waals surface area contributed by atoms with Crippen LogP contribution in [0.3, 0.4) is 0 Å². The zero-order chi connectivity index (χ0) is 13.8. The first-order valence-corrected chi connectivity index (χ1v) is 6.65. The minimum Gasteiger partial charge on any atom is -0.316 e. The van der Waals surface area contributed by atoms with E-state index in [2.05, 4.69) is 31.3 Å². The molecular formula is C17H20FN. The van der Waals surface area contributed by atoms with Crippen LogP contribution in [-0.4, -0.2) is 7.05 Å². The maximum Gasteiger partial charge on any atom is 0.131 e. The molecule has 0 aliphatic carbocycles. The van der Waals surface area contributed by atoms with Crippen molar-refractivity contribution in [3.05, 3.63) is 59.4 Å². The molecule has 0 unspecified atom stereocenters. The Hall–Kier alpha value is -1.67. The summed E-state index contributed by atoms with van der Waals surface area (Å²) < 4.78 is 13.9. The van der Waals surface area contributed by atoms with Crippen LogP contribution in [0.4, 0.5) is 4.39 Å². The van der Waals surface area contributed by atoms with E-state index in [0.717, 1.165) is 17.7 Å². The smallest absolute Gasteiger partial charge is 0.131 e. The van der Waals surface area contributed by atoms with Gasteiger partial charge in [0, 0.05) is 12.1 Å². The van der Waals surface area contributed by atoms with Gasteiger partial charge >= 0.3 is 0 Å². The van der Waals surface area contributed by atoms with Crippen LogP contribution in [0.25, 0.3) is 11.1 Å². The fourth-order valence-corrected chi connectivity index (χ4v) is 2.16. The van der Waals surface area contributed by atoms with Crippen molar-refractivity contribution in [2.24, 2.45) is 0 Å². The van der Waals surface area contributed by atoms with Gasteiger partial charge < -0.3 is 5.32 Å². The normalized spacial score (nSPS) is 11.0. The number of hydrogen-bond acceptors (Lipinski definition) is 1. The third-order valence-electron chi connectivity index (χ3n) is 3.30. The average molecular weight is 257 g/mol. The molecule has 0 heterocycles. The Kier molecular flexibility index (Phi) is 4.33. The maximum atomic E-state index is 13.9. The molecule has 0 saturated carbocycles. The number of benzene rings is 2. The molecule has 2 aromatic rings. The van der Waals surface area contributed by atoms with Gasteiger partial charge in [0.1, 0.15) is 5.82 Å². The Bertz CT molecular complexity index is 544. The van der Waals surface area contributed by atoms with E-state index in [9.17, 15) is 4.39 Å². The average Bonchev–Trinajstić information content (AvgIpc) is 2.41. The SMILES string of the molecule is CNCc1ccc(F)c(-c2ccc(C(C)C)cc2)c1. The standard InChI is InChI=1S/C17H20FN/c1-12(2)14-5-7-15(8-6-14)16-10-13(11-19-3)4-9-17(16)18/h4-10,12,19H,11H2,1-3H3. The lowest BCUT2D eigenvalue weighted by molar-refractivity contribution is 0.630. The zero-order valence-electron chi connectivity index (χ0n) is 11.7. The third kappa shape index (κ3) is 3.21. The molecule has 1 nitrogen and oxygen atoms in total. The van der Waals surface area contributed by atoms with E-state index in [0.29, 0.717) is 11.5 Å². The van der Waals surface area contributed by atoms with Gasteiger partial charge in [-0.15, -0.1) is 0 Å². The second-order valence-electron chi connectivity index (χ2n) is 5.12. The Morgan fingerprint density at radius 2 is 1.74 bits per heavy atom. The molecule has 2 heteroatoms. The van der Waals surface area contributed by atoms with Gasteiger partial charge in [-0.2, -0.15) is 0 Å². The van der Waals surface area contributed by atoms with Gasteiger partial charge in [-0.05, 0) is 41.8 Å². The van der Waals surface area contributed by atoms with Crippen molar-refractivity contribution in [1.82, 2.24) is 5.32 Å². The van der Waals surface area contributed by atoms with Crippen molar-refractivity contribution in [3.63, 3.8) is 0 Å². The largest absolute Gasteiger partial charge is 0.316 e. The Morgan fingerprint density at radius 1 is 1.05 bits per heavy atom. The van der Waals surface area contributed by atoms with Gasteiger partial charge in [0.15, 0.2) is 0 Å². The van der Waals surface area contributed by atoms with Gasteiger partial charge in [-0.3, -0.25) is 0 Å². The van der Waals surface area contributed by atoms with E-state index in [-0.39, 0.29) is 5.82 Å². The Morgan fingerprint density at radius 3 is 2.32 bits per heavy atom. The highest BCUT2D eigenvalue weighted by molar-refractivity contribution is 5.65. The van der Waals surface area contributed by atoms with Crippen molar-refractivity contribution in [1.29, 1.82) is 0 Å². The minimum absolute atomic E-state index is 0.169. The monoisotopic (exact) mass is 257 g/mol. The van der Waals surface area contributed by atoms with Crippen LogP contribution in [0.1, 0.15) is 30.9 Å². The summed E-state index contributed by atoms with van der Waals surface area (Å²) in [4.78, 5) is 0. The molecule has 0 atom stereocenters. The van der Waals surface area contributed by atoms with Crippen LogP contribution in [0.5, 0.6) is 0 Å². The molecule has 0 aliphatic rings. The second kappa shape index (κ2) is 5.98. The molecule has 0 fully saturated rings. The van der Waals surface area contributed by atoms with Gasteiger partial charge in [0.25, 0.3) is 0 Å². The molecule has 2 rings (SSSR count). The summed E-state index contributed by atoms with van der Waals surface area (Å²) in [6.07, 6.45) is 0. The molecule has 100 valence electrons. The van der Waals surface area contributed by atoms with Gasteiger partial charge in [-0.1, -0.05) is 44.2 Å². The van der Waals surface area contributed by atoms with E-state index in [1.54, 1.807) is 6.07 Å². The maximum absolute atomic E-state index is 13.9. The topological polar surface area (TPSA) is 12.0 Å². The molecule has 0 radical (unpaired) electrons. The first-order chi connectivity index (χ1) is 9.11. The molecule has 1 N–H and O–H groups in total. The summed E-state index contributed by atoms with van der Waals surface area (Å²) in [7, 11) is 1.89. The van der Waals surface area contributed by atoms with Crippen LogP contribution >= 0.6 is 0 Å². The molecule has 19 heavy (non-hydrogen) atoms. The zero-order valence-corrected chi connectivity index (χ0v) is 11.7. The summed E-state index contributed by atoms with van der Waals surface area (Å²) in [5.41, 5.74) is 3.96. The Balaban J connectivity index is 2.37. The Labute approximate surface area is 114 Å². The van der Waals surface area contributed by atoms with Crippen molar-refractivity contribution >= 4 is 0 Å². The summed E-state index contributed by atoms with van der Waals surface area (Å²) in [5.74, 6) is 0.326. The van der Waals surface area contributed by atoms with E-state index in [1.807, 2.05) is 31.3 Å². The third-order valence-corrected chi connectivity index (χ3v) is 3.30. The predicted molar refractivity (Wildman–Crippen MR) is 78.7 cm³/mol. The fraction of sp³-hybridized carbons (Fsp3) is 0.294. The minimum atomic E-state index is -0.169. The van der Waals surface area contributed by atoms with Gasteiger partial charge in [0.2, 0.25) is 0 Å². The summed E-state index contributed by atoms with van der Waals surface area (Å²) in [6.45, 7) is 5.06. The first-order valence-electron chi connectivity index (χ1n) is 6.65. The lowest BCUT2D eigenvalue weighted by atomic mass is 9.97. The van der Waals surface area contributed by atoms with Crippen LogP contribution in [0.2, 0.25) is 0 Å². The van der Waals surface area contributed by atoms with Crippen LogP contribution in [0.15, 0.2) is 42.5 Å². The lowest BCUT2D eigenvalue weighted by Crippen LogP contribution is -2.05. The molecule has 0 aliphatic heterocycles. The summed E-state index contributed by atoms with van der Waals surface area (Å²) in [6, 6.07) is 13.4.